The standard InChI is InChI=1S/C15H16Br3N3O3/c1-3-8-20-11(19-13(23)15(16,17)18)12(22)21(14(20)24)10-6-4-9(2)5-7-10/h4-7,13,23H,3,8H2,1-2H3. The first kappa shape index (κ1) is 19.6. The number of halogens is 3. The van der Waals surface area contributed by atoms with Crippen LogP contribution in [0.4, 0.5) is 10.5 Å². The zero-order valence-corrected chi connectivity index (χ0v) is 17.8. The highest BCUT2D eigenvalue weighted by molar-refractivity contribution is 9.39. The average molecular weight is 526 g/mol. The molecule has 0 spiro atoms. The number of aliphatic imine (C=N–C) groups is 1. The van der Waals surface area contributed by atoms with Gasteiger partial charge in [0.25, 0.3) is 0 Å². The molecular weight excluding hydrogens is 510 g/mol. The van der Waals surface area contributed by atoms with E-state index in [1.807, 2.05) is 26.0 Å². The third-order valence-corrected chi connectivity index (χ3v) is 4.58. The van der Waals surface area contributed by atoms with Crippen LogP contribution in [0, 0.1) is 6.92 Å². The van der Waals surface area contributed by atoms with Crippen molar-refractivity contribution < 1.29 is 14.7 Å². The number of amides is 3. The van der Waals surface area contributed by atoms with Crippen LogP contribution in [0.15, 0.2) is 29.3 Å². The molecule has 0 saturated carbocycles. The number of amidine groups is 1. The van der Waals surface area contributed by atoms with E-state index < -0.39 is 20.3 Å². The predicted molar refractivity (Wildman–Crippen MR) is 104 cm³/mol. The summed E-state index contributed by atoms with van der Waals surface area (Å²) in [5.41, 5.74) is 1.49. The largest absolute Gasteiger partial charge is 0.369 e. The second kappa shape index (κ2) is 7.63. The van der Waals surface area contributed by atoms with E-state index in [4.69, 9.17) is 0 Å². The molecule has 1 aliphatic heterocycles. The summed E-state index contributed by atoms with van der Waals surface area (Å²) in [6.45, 7) is 4.15. The first-order chi connectivity index (χ1) is 11.2. The van der Waals surface area contributed by atoms with E-state index in [2.05, 4.69) is 52.8 Å². The third-order valence-electron chi connectivity index (χ3n) is 3.35. The Morgan fingerprint density at radius 1 is 1.21 bits per heavy atom. The molecule has 9 heteroatoms. The van der Waals surface area contributed by atoms with Crippen LogP contribution in [0.3, 0.4) is 0 Å². The number of aliphatic hydroxyl groups excluding tert-OH is 1. The fraction of sp³-hybridized carbons (Fsp3) is 0.400. The number of anilines is 1. The van der Waals surface area contributed by atoms with Crippen LogP contribution in [0.2, 0.25) is 0 Å². The number of alkyl halides is 3. The summed E-state index contributed by atoms with van der Waals surface area (Å²) in [5, 5.41) is 10.1. The Bertz CT molecular complexity index is 671. The summed E-state index contributed by atoms with van der Waals surface area (Å²) < 4.78 is -1.08. The number of carbonyl (C=O) groups is 2. The molecule has 24 heavy (non-hydrogen) atoms. The maximum Gasteiger partial charge on any atom is 0.337 e. The van der Waals surface area contributed by atoms with Crippen molar-refractivity contribution in [1.82, 2.24) is 4.90 Å². The van der Waals surface area contributed by atoms with Crippen LogP contribution in [0.1, 0.15) is 18.9 Å². The minimum absolute atomic E-state index is 0.0855. The Kier molecular flexibility index (Phi) is 6.22. The van der Waals surface area contributed by atoms with Crippen molar-refractivity contribution in [2.75, 3.05) is 11.4 Å². The summed E-state index contributed by atoms with van der Waals surface area (Å²) in [5.74, 6) is -0.647. The fourth-order valence-corrected chi connectivity index (χ4v) is 2.48. The molecule has 1 atom stereocenters. The van der Waals surface area contributed by atoms with Gasteiger partial charge in [-0.05, 0) is 25.5 Å². The van der Waals surface area contributed by atoms with Crippen LogP contribution in [-0.4, -0.2) is 42.7 Å². The van der Waals surface area contributed by atoms with Gasteiger partial charge < -0.3 is 5.11 Å². The number of hydrogen-bond acceptors (Lipinski definition) is 4. The minimum atomic E-state index is -1.32. The highest BCUT2D eigenvalue weighted by atomic mass is 80.0. The van der Waals surface area contributed by atoms with E-state index in [0.717, 1.165) is 10.5 Å². The molecule has 0 radical (unpaired) electrons. The number of urea groups is 1. The van der Waals surface area contributed by atoms with E-state index in [1.54, 1.807) is 12.1 Å². The van der Waals surface area contributed by atoms with Crippen LogP contribution < -0.4 is 4.90 Å². The van der Waals surface area contributed by atoms with Gasteiger partial charge in [-0.25, -0.2) is 14.7 Å². The van der Waals surface area contributed by atoms with Gasteiger partial charge in [-0.1, -0.05) is 72.4 Å². The van der Waals surface area contributed by atoms with E-state index in [0.29, 0.717) is 18.7 Å². The lowest BCUT2D eigenvalue weighted by Gasteiger charge is -2.19. The first-order valence-corrected chi connectivity index (χ1v) is 9.60. The zero-order chi connectivity index (χ0) is 18.1. The van der Waals surface area contributed by atoms with Gasteiger partial charge in [-0.2, -0.15) is 0 Å². The number of carbonyl (C=O) groups excluding carboxylic acids is 2. The predicted octanol–water partition coefficient (Wildman–Crippen LogP) is 3.73. The highest BCUT2D eigenvalue weighted by Gasteiger charge is 2.44. The number of aliphatic hydroxyl groups is 1. The maximum absolute atomic E-state index is 12.7. The highest BCUT2D eigenvalue weighted by Crippen LogP contribution is 2.38. The number of imide groups is 1. The van der Waals surface area contributed by atoms with Crippen molar-refractivity contribution >= 4 is 71.3 Å². The molecule has 1 aromatic carbocycles. The molecule has 1 N–H and O–H groups in total. The van der Waals surface area contributed by atoms with Gasteiger partial charge in [0.1, 0.15) is 0 Å². The van der Waals surface area contributed by atoms with Gasteiger partial charge in [-0.3, -0.25) is 9.69 Å². The fourth-order valence-electron chi connectivity index (χ4n) is 2.17. The topological polar surface area (TPSA) is 73.2 Å². The van der Waals surface area contributed by atoms with Crippen molar-refractivity contribution in [3.05, 3.63) is 29.8 Å². The summed E-state index contributed by atoms with van der Waals surface area (Å²) >= 11 is 9.48. The Hall–Kier alpha value is -0.770. The molecule has 2 rings (SSSR count). The number of hydrogen-bond donors (Lipinski definition) is 1. The molecule has 0 bridgehead atoms. The molecule has 0 aliphatic carbocycles. The van der Waals surface area contributed by atoms with Gasteiger partial charge >= 0.3 is 11.9 Å². The van der Waals surface area contributed by atoms with Crippen molar-refractivity contribution in [2.24, 2.45) is 4.99 Å². The van der Waals surface area contributed by atoms with Gasteiger partial charge in [0.15, 0.2) is 8.37 Å². The third kappa shape index (κ3) is 4.07. The monoisotopic (exact) mass is 523 g/mol. The normalized spacial score (nSPS) is 18.7. The Morgan fingerprint density at radius 2 is 1.79 bits per heavy atom. The minimum Gasteiger partial charge on any atom is -0.369 e. The van der Waals surface area contributed by atoms with Gasteiger partial charge in [0.05, 0.1) is 5.69 Å². The Morgan fingerprint density at radius 3 is 2.29 bits per heavy atom. The van der Waals surface area contributed by atoms with Crippen molar-refractivity contribution in [3.63, 3.8) is 0 Å². The molecular formula is C15H16Br3N3O3. The van der Waals surface area contributed by atoms with Crippen molar-refractivity contribution in [3.8, 4) is 0 Å². The SMILES string of the molecule is CCCN1C(=O)N(c2ccc(C)cc2)C(=O)C1=NC(O)C(Br)(Br)Br. The molecule has 1 unspecified atom stereocenters. The summed E-state index contributed by atoms with van der Waals surface area (Å²) in [6.07, 6.45) is -0.667. The van der Waals surface area contributed by atoms with Gasteiger partial charge in [0, 0.05) is 6.54 Å². The quantitative estimate of drug-likeness (QED) is 0.481. The molecule has 130 valence electrons. The average Bonchev–Trinajstić information content (AvgIpc) is 2.72. The second-order valence-electron chi connectivity index (χ2n) is 5.28. The number of benzene rings is 1. The maximum atomic E-state index is 12.7. The molecule has 3 amide bonds. The lowest BCUT2D eigenvalue weighted by Crippen LogP contribution is -2.35. The van der Waals surface area contributed by atoms with Gasteiger partial charge in [0.2, 0.25) is 5.84 Å². The summed E-state index contributed by atoms with van der Waals surface area (Å²) in [7, 11) is 0. The molecule has 1 heterocycles. The van der Waals surface area contributed by atoms with Crippen LogP contribution in [0.25, 0.3) is 0 Å². The van der Waals surface area contributed by atoms with E-state index in [1.165, 1.54) is 4.90 Å². The van der Waals surface area contributed by atoms with Gasteiger partial charge in [-0.15, -0.1) is 0 Å². The first-order valence-electron chi connectivity index (χ1n) is 7.22. The van der Waals surface area contributed by atoms with E-state index in [9.17, 15) is 14.7 Å². The Labute approximate surface area is 165 Å². The van der Waals surface area contributed by atoms with Crippen LogP contribution in [0.5, 0.6) is 0 Å². The summed E-state index contributed by atoms with van der Waals surface area (Å²) in [4.78, 5) is 31.8. The van der Waals surface area contributed by atoms with Crippen LogP contribution >= 0.6 is 47.8 Å². The molecule has 0 aromatic heterocycles. The van der Waals surface area contributed by atoms with Crippen LogP contribution in [-0.2, 0) is 4.79 Å². The van der Waals surface area contributed by atoms with Crippen molar-refractivity contribution in [1.29, 1.82) is 0 Å². The molecule has 1 aromatic rings. The number of rotatable bonds is 4. The summed E-state index contributed by atoms with van der Waals surface area (Å²) in [6, 6.07) is 6.59. The zero-order valence-electron chi connectivity index (χ0n) is 13.0. The van der Waals surface area contributed by atoms with Crippen molar-refractivity contribution in [2.45, 2.75) is 28.6 Å². The Balaban J connectivity index is 2.44. The molecule has 6 nitrogen and oxygen atoms in total. The number of aryl methyl sites for hydroxylation is 1. The molecule has 1 aliphatic rings. The molecule has 1 saturated heterocycles. The second-order valence-corrected chi connectivity index (χ2v) is 12.2. The van der Waals surface area contributed by atoms with E-state index >= 15 is 0 Å². The van der Waals surface area contributed by atoms with E-state index in [-0.39, 0.29) is 5.84 Å². The smallest absolute Gasteiger partial charge is 0.337 e. The lowest BCUT2D eigenvalue weighted by molar-refractivity contribution is -0.111. The lowest BCUT2D eigenvalue weighted by atomic mass is 10.2. The number of nitrogens with zero attached hydrogens (tertiary/aromatic N) is 3. The molecule has 1 fully saturated rings.